The van der Waals surface area contributed by atoms with Crippen LogP contribution in [-0.4, -0.2) is 29.3 Å². The standard InChI is InChI=1S/C17H24N8/c1-21-9-11-8-13(6-7-14(11)18)25(20)16-15(19)10-22-17(24-16)23-12-4-2-3-5-12/h6-10,12H,2-5,18-20H2,1H3,(H,22,23,24). The first-order valence-corrected chi connectivity index (χ1v) is 8.34. The van der Waals surface area contributed by atoms with Gasteiger partial charge in [0.15, 0.2) is 5.82 Å². The fraction of sp³-hybridized carbons (Fsp3) is 0.353. The normalized spacial score (nSPS) is 15.0. The van der Waals surface area contributed by atoms with Crippen molar-refractivity contribution < 1.29 is 0 Å². The molecular weight excluding hydrogens is 316 g/mol. The van der Waals surface area contributed by atoms with E-state index in [1.165, 1.54) is 17.9 Å². The first kappa shape index (κ1) is 17.0. The maximum atomic E-state index is 6.26. The van der Waals surface area contributed by atoms with Gasteiger partial charge in [0.05, 0.1) is 17.6 Å². The smallest absolute Gasteiger partial charge is 0.225 e. The highest BCUT2D eigenvalue weighted by atomic mass is 15.4. The van der Waals surface area contributed by atoms with Crippen molar-refractivity contribution in [3.05, 3.63) is 30.0 Å². The first-order valence-electron chi connectivity index (χ1n) is 8.34. The van der Waals surface area contributed by atoms with Gasteiger partial charge in [0, 0.05) is 30.6 Å². The van der Waals surface area contributed by atoms with E-state index in [9.17, 15) is 0 Å². The van der Waals surface area contributed by atoms with Gasteiger partial charge in [-0.2, -0.15) is 4.98 Å². The van der Waals surface area contributed by atoms with Crippen LogP contribution in [-0.2, 0) is 0 Å². The molecular formula is C17H24N8. The highest BCUT2D eigenvalue weighted by Gasteiger charge is 2.18. The lowest BCUT2D eigenvalue weighted by molar-refractivity contribution is 0.743. The highest BCUT2D eigenvalue weighted by molar-refractivity contribution is 5.89. The number of nitrogens with zero attached hydrogens (tertiary/aromatic N) is 4. The van der Waals surface area contributed by atoms with Gasteiger partial charge in [-0.3, -0.25) is 10.0 Å². The lowest BCUT2D eigenvalue weighted by Crippen LogP contribution is -2.28. The van der Waals surface area contributed by atoms with Crippen LogP contribution in [0.3, 0.4) is 0 Å². The summed E-state index contributed by atoms with van der Waals surface area (Å²) in [5.41, 5.74) is 14.5. The summed E-state index contributed by atoms with van der Waals surface area (Å²) in [4.78, 5) is 12.8. The number of aromatic nitrogens is 2. The second-order valence-electron chi connectivity index (χ2n) is 6.17. The third-order valence-corrected chi connectivity index (χ3v) is 4.33. The minimum absolute atomic E-state index is 0.405. The van der Waals surface area contributed by atoms with Crippen molar-refractivity contribution >= 4 is 35.0 Å². The maximum absolute atomic E-state index is 6.26. The van der Waals surface area contributed by atoms with E-state index in [4.69, 9.17) is 17.3 Å². The average molecular weight is 340 g/mol. The molecule has 1 saturated carbocycles. The Hall–Kier alpha value is -2.87. The van der Waals surface area contributed by atoms with Crippen LogP contribution in [0.1, 0.15) is 31.2 Å². The molecule has 0 atom stereocenters. The number of aliphatic imine (C=N–C) groups is 1. The van der Waals surface area contributed by atoms with Gasteiger partial charge in [-0.25, -0.2) is 10.8 Å². The van der Waals surface area contributed by atoms with Gasteiger partial charge >= 0.3 is 0 Å². The quantitative estimate of drug-likeness (QED) is 0.283. The van der Waals surface area contributed by atoms with E-state index in [0.29, 0.717) is 34.9 Å². The molecule has 0 spiro atoms. The number of hydrazine groups is 1. The van der Waals surface area contributed by atoms with Gasteiger partial charge in [0.2, 0.25) is 5.95 Å². The van der Waals surface area contributed by atoms with E-state index < -0.39 is 0 Å². The van der Waals surface area contributed by atoms with Crippen LogP contribution in [0, 0.1) is 0 Å². The Morgan fingerprint density at radius 2 is 2.00 bits per heavy atom. The van der Waals surface area contributed by atoms with Gasteiger partial charge in [-0.1, -0.05) is 12.8 Å². The van der Waals surface area contributed by atoms with E-state index in [0.717, 1.165) is 18.4 Å². The summed E-state index contributed by atoms with van der Waals surface area (Å²) in [5, 5.41) is 4.79. The van der Waals surface area contributed by atoms with E-state index >= 15 is 0 Å². The Balaban J connectivity index is 1.88. The number of hydrogen-bond donors (Lipinski definition) is 4. The van der Waals surface area contributed by atoms with Crippen molar-refractivity contribution in [2.45, 2.75) is 31.7 Å². The number of nitrogens with two attached hydrogens (primary N) is 3. The predicted molar refractivity (Wildman–Crippen MR) is 103 cm³/mol. The van der Waals surface area contributed by atoms with E-state index in [-0.39, 0.29) is 0 Å². The first-order chi connectivity index (χ1) is 12.1. The molecule has 0 amide bonds. The Kier molecular flexibility index (Phi) is 4.99. The molecule has 0 bridgehead atoms. The second kappa shape index (κ2) is 7.35. The molecule has 0 saturated heterocycles. The summed E-state index contributed by atoms with van der Waals surface area (Å²) in [6, 6.07) is 5.84. The van der Waals surface area contributed by atoms with Crippen molar-refractivity contribution in [2.24, 2.45) is 10.8 Å². The van der Waals surface area contributed by atoms with Crippen molar-refractivity contribution in [1.29, 1.82) is 0 Å². The van der Waals surface area contributed by atoms with Crippen molar-refractivity contribution in [3.8, 4) is 0 Å². The maximum Gasteiger partial charge on any atom is 0.225 e. The monoisotopic (exact) mass is 340 g/mol. The summed E-state index contributed by atoms with van der Waals surface area (Å²) in [6.07, 6.45) is 7.99. The SMILES string of the molecule is CN=Cc1cc(N(N)c2nc(NC3CCCC3)ncc2N)ccc1N. The van der Waals surface area contributed by atoms with Crippen LogP contribution < -0.4 is 27.6 Å². The molecule has 1 aliphatic rings. The van der Waals surface area contributed by atoms with E-state index in [1.807, 2.05) is 12.1 Å². The van der Waals surface area contributed by atoms with Crippen LogP contribution in [0.25, 0.3) is 0 Å². The van der Waals surface area contributed by atoms with Gasteiger partial charge in [0.25, 0.3) is 0 Å². The summed E-state index contributed by atoms with van der Waals surface area (Å²) < 4.78 is 0. The molecule has 2 aromatic rings. The molecule has 0 unspecified atom stereocenters. The summed E-state index contributed by atoms with van der Waals surface area (Å²) >= 11 is 0. The fourth-order valence-electron chi connectivity index (χ4n) is 2.98. The molecule has 7 N–H and O–H groups in total. The van der Waals surface area contributed by atoms with Crippen LogP contribution >= 0.6 is 0 Å². The summed E-state index contributed by atoms with van der Waals surface area (Å²) in [5.74, 6) is 7.24. The lowest BCUT2D eigenvalue weighted by Gasteiger charge is -2.21. The Labute approximate surface area is 147 Å². The average Bonchev–Trinajstić information content (AvgIpc) is 3.11. The predicted octanol–water partition coefficient (Wildman–Crippen LogP) is 2.06. The lowest BCUT2D eigenvalue weighted by atomic mass is 10.1. The highest BCUT2D eigenvalue weighted by Crippen LogP contribution is 2.29. The molecule has 0 aliphatic heterocycles. The molecule has 1 fully saturated rings. The number of anilines is 5. The molecule has 1 aliphatic carbocycles. The molecule has 3 rings (SSSR count). The van der Waals surface area contributed by atoms with Crippen LogP contribution in [0.15, 0.2) is 29.4 Å². The second-order valence-corrected chi connectivity index (χ2v) is 6.17. The van der Waals surface area contributed by atoms with E-state index in [2.05, 4.69) is 20.3 Å². The molecule has 0 radical (unpaired) electrons. The summed E-state index contributed by atoms with van der Waals surface area (Å²) in [6.45, 7) is 0. The Morgan fingerprint density at radius 1 is 1.24 bits per heavy atom. The van der Waals surface area contributed by atoms with Gasteiger partial charge in [-0.05, 0) is 31.0 Å². The van der Waals surface area contributed by atoms with Crippen molar-refractivity contribution in [1.82, 2.24) is 9.97 Å². The third-order valence-electron chi connectivity index (χ3n) is 4.33. The Morgan fingerprint density at radius 3 is 2.72 bits per heavy atom. The molecule has 8 nitrogen and oxygen atoms in total. The molecule has 1 aromatic carbocycles. The fourth-order valence-corrected chi connectivity index (χ4v) is 2.98. The summed E-state index contributed by atoms with van der Waals surface area (Å²) in [7, 11) is 1.69. The van der Waals surface area contributed by atoms with E-state index in [1.54, 1.807) is 25.5 Å². The topological polar surface area (TPSA) is 131 Å². The van der Waals surface area contributed by atoms with Crippen molar-refractivity contribution in [3.63, 3.8) is 0 Å². The molecule has 132 valence electrons. The number of rotatable bonds is 5. The molecule has 8 heteroatoms. The van der Waals surface area contributed by atoms with Crippen LogP contribution in [0.5, 0.6) is 0 Å². The molecule has 1 aromatic heterocycles. The van der Waals surface area contributed by atoms with Gasteiger partial charge < -0.3 is 16.8 Å². The number of hydrogen-bond acceptors (Lipinski definition) is 8. The zero-order valence-corrected chi connectivity index (χ0v) is 14.3. The van der Waals surface area contributed by atoms with Crippen molar-refractivity contribution in [2.75, 3.05) is 28.8 Å². The molecule has 1 heterocycles. The number of nitrogens with one attached hydrogen (secondary N) is 1. The zero-order chi connectivity index (χ0) is 17.8. The third kappa shape index (κ3) is 3.80. The zero-order valence-electron chi connectivity index (χ0n) is 14.3. The van der Waals surface area contributed by atoms with Gasteiger partial charge in [0.1, 0.15) is 0 Å². The van der Waals surface area contributed by atoms with Gasteiger partial charge in [-0.15, -0.1) is 0 Å². The minimum Gasteiger partial charge on any atom is -0.398 e. The Bertz CT molecular complexity index is 767. The minimum atomic E-state index is 0.405. The molecule has 25 heavy (non-hydrogen) atoms. The van der Waals surface area contributed by atoms with Crippen LogP contribution in [0.2, 0.25) is 0 Å². The largest absolute Gasteiger partial charge is 0.398 e. The number of nitrogen functional groups attached to an aromatic ring is 2. The number of benzene rings is 1. The van der Waals surface area contributed by atoms with Crippen LogP contribution in [0.4, 0.5) is 28.8 Å².